The van der Waals surface area contributed by atoms with Crippen molar-refractivity contribution in [1.82, 2.24) is 14.8 Å². The summed E-state index contributed by atoms with van der Waals surface area (Å²) in [5.41, 5.74) is 1.10. The van der Waals surface area contributed by atoms with Crippen molar-refractivity contribution in [2.24, 2.45) is 11.3 Å². The van der Waals surface area contributed by atoms with Crippen molar-refractivity contribution in [3.63, 3.8) is 0 Å². The average molecular weight is 793 g/mol. The maximum Gasteiger partial charge on any atom is 0.344 e. The second kappa shape index (κ2) is 13.7. The summed E-state index contributed by atoms with van der Waals surface area (Å²) >= 11 is 0. The van der Waals surface area contributed by atoms with E-state index in [1.807, 2.05) is 37.1 Å². The molecule has 2 fully saturated rings. The van der Waals surface area contributed by atoms with Crippen LogP contribution in [0.3, 0.4) is 0 Å². The molecule has 6 aliphatic rings. The van der Waals surface area contributed by atoms with E-state index in [4.69, 9.17) is 18.9 Å². The number of carbonyl (C=O) groups excluding carboxylic acids is 3. The lowest BCUT2D eigenvalue weighted by Crippen LogP contribution is -2.81. The molecule has 1 saturated heterocycles. The Kier molecular flexibility index (Phi) is 9.18. The van der Waals surface area contributed by atoms with Gasteiger partial charge in [-0.25, -0.2) is 4.79 Å². The Morgan fingerprint density at radius 2 is 1.78 bits per heavy atom. The third-order valence-corrected chi connectivity index (χ3v) is 15.1. The summed E-state index contributed by atoms with van der Waals surface area (Å²) in [5, 5.41) is 14.4. The molecule has 2 N–H and O–H groups in total. The van der Waals surface area contributed by atoms with Crippen molar-refractivity contribution in [2.75, 3.05) is 66.0 Å². The highest BCUT2D eigenvalue weighted by Gasteiger charge is 2.80. The van der Waals surface area contributed by atoms with Gasteiger partial charge >= 0.3 is 17.9 Å². The lowest BCUT2D eigenvalue weighted by Gasteiger charge is -2.63. The molecule has 0 radical (unpaired) electrons. The van der Waals surface area contributed by atoms with Gasteiger partial charge in [-0.05, 0) is 67.8 Å². The van der Waals surface area contributed by atoms with Gasteiger partial charge < -0.3 is 33.9 Å². The molecule has 6 heterocycles. The highest BCUT2D eigenvalue weighted by molar-refractivity contribution is 5.95. The molecule has 9 rings (SSSR count). The number of benzene rings is 2. The first kappa shape index (κ1) is 38.8. The SMILES string of the molecule is CCC1=CC2CN(CCc3c([nH]c4ccccc34)[C@@](C(=O)OC)(c3cc4c(cc3OC)N(C)[C@H]3C(O)(C(=O)OC)[C@H](OC(C)=O)[C@]5(CC)C=CCN6CCC43[C@@H]65)C2)C1. The molecular formula is C46H56N4O8. The van der Waals surface area contributed by atoms with Crippen molar-refractivity contribution in [3.8, 4) is 5.75 Å². The number of aliphatic hydroxyl groups is 1. The molecule has 2 aromatic carbocycles. The maximum atomic E-state index is 15.3. The monoisotopic (exact) mass is 792 g/mol. The van der Waals surface area contributed by atoms with Gasteiger partial charge in [0.15, 0.2) is 6.10 Å². The van der Waals surface area contributed by atoms with Crippen molar-refractivity contribution in [1.29, 1.82) is 0 Å². The van der Waals surface area contributed by atoms with Crippen LogP contribution in [0.4, 0.5) is 5.69 Å². The van der Waals surface area contributed by atoms with Crippen molar-refractivity contribution in [2.45, 2.75) is 87.5 Å². The van der Waals surface area contributed by atoms with E-state index in [0.717, 1.165) is 65.9 Å². The normalized spacial score (nSPS) is 34.7. The number of hydrogen-bond donors (Lipinski definition) is 2. The van der Waals surface area contributed by atoms with E-state index >= 15 is 4.79 Å². The zero-order valence-corrected chi connectivity index (χ0v) is 34.7. The van der Waals surface area contributed by atoms with Crippen LogP contribution in [-0.2, 0) is 45.8 Å². The molecule has 4 unspecified atom stereocenters. The first-order valence-electron chi connectivity index (χ1n) is 20.8. The predicted molar refractivity (Wildman–Crippen MR) is 219 cm³/mol. The van der Waals surface area contributed by atoms with E-state index in [0.29, 0.717) is 43.7 Å². The molecular weight excluding hydrogens is 737 g/mol. The van der Waals surface area contributed by atoms with E-state index in [-0.39, 0.29) is 17.9 Å². The molecule has 1 saturated carbocycles. The van der Waals surface area contributed by atoms with Gasteiger partial charge in [0.05, 0.1) is 27.4 Å². The molecule has 3 aromatic rings. The van der Waals surface area contributed by atoms with Gasteiger partial charge in [0, 0.05) is 90.9 Å². The predicted octanol–water partition coefficient (Wildman–Crippen LogP) is 4.80. The molecule has 2 bridgehead atoms. The number of methoxy groups -OCH3 is 3. The first-order chi connectivity index (χ1) is 27.9. The standard InChI is InChI=1S/C46H56N4O8/c1-8-28-21-29-24-45(41(52)56-6,37-31(15-19-49(25-28)26-29)30-13-10-11-14-34(30)47-37)33-22-32-35(23-36(33)55-5)48(4)39-44(32)17-20-50-18-12-16-43(9-2,38(44)50)40(58-27(3)51)46(39,54)42(53)57-7/h10-14,16,21-23,29,38-40,47,54H,8-9,15,17-20,24-26H2,1-7H3/t29?,38-,39+,40+,43+,44?,45-,46?/m0/s1. The topological polar surface area (TPSA) is 134 Å². The van der Waals surface area contributed by atoms with Crippen LogP contribution in [0, 0.1) is 11.3 Å². The Balaban J connectivity index is 1.37. The number of ether oxygens (including phenoxy) is 4. The van der Waals surface area contributed by atoms with Crippen LogP contribution < -0.4 is 9.64 Å². The lowest BCUT2D eigenvalue weighted by atomic mass is 9.47. The fraction of sp³-hybridized carbons (Fsp3) is 0.543. The van der Waals surface area contributed by atoms with Crippen LogP contribution in [0.1, 0.15) is 68.8 Å². The summed E-state index contributed by atoms with van der Waals surface area (Å²) in [4.78, 5) is 53.4. The second-order valence-electron chi connectivity index (χ2n) is 17.5. The third kappa shape index (κ3) is 4.94. The lowest BCUT2D eigenvalue weighted by molar-refractivity contribution is -0.228. The molecule has 12 heteroatoms. The average Bonchev–Trinajstić information content (AvgIpc) is 3.89. The van der Waals surface area contributed by atoms with E-state index in [1.54, 1.807) is 7.11 Å². The van der Waals surface area contributed by atoms with Gasteiger partial charge in [-0.2, -0.15) is 0 Å². The van der Waals surface area contributed by atoms with Crippen LogP contribution in [0.15, 0.2) is 60.2 Å². The van der Waals surface area contributed by atoms with Gasteiger partial charge in [-0.15, -0.1) is 0 Å². The summed E-state index contributed by atoms with van der Waals surface area (Å²) in [7, 11) is 6.24. The smallest absolute Gasteiger partial charge is 0.344 e. The largest absolute Gasteiger partial charge is 0.496 e. The number of aromatic nitrogens is 1. The molecule has 308 valence electrons. The fourth-order valence-corrected chi connectivity index (χ4v) is 13.0. The molecule has 12 nitrogen and oxygen atoms in total. The molecule has 9 atom stereocenters. The van der Waals surface area contributed by atoms with Crippen LogP contribution >= 0.6 is 0 Å². The highest BCUT2D eigenvalue weighted by Crippen LogP contribution is 2.68. The summed E-state index contributed by atoms with van der Waals surface area (Å²) in [6.07, 6.45) is 8.43. The molecule has 1 aromatic heterocycles. The minimum Gasteiger partial charge on any atom is -0.496 e. The zero-order chi connectivity index (χ0) is 40.9. The molecule has 0 amide bonds. The van der Waals surface area contributed by atoms with Gasteiger partial charge in [0.1, 0.15) is 11.2 Å². The number of para-hydroxylation sites is 1. The minimum absolute atomic E-state index is 0.0217. The van der Waals surface area contributed by atoms with E-state index in [1.165, 1.54) is 26.7 Å². The van der Waals surface area contributed by atoms with Gasteiger partial charge in [0.25, 0.3) is 0 Å². The van der Waals surface area contributed by atoms with E-state index in [2.05, 4.69) is 58.1 Å². The third-order valence-electron chi connectivity index (χ3n) is 15.1. The number of aromatic amines is 1. The maximum absolute atomic E-state index is 15.3. The van der Waals surface area contributed by atoms with Crippen molar-refractivity contribution >= 4 is 34.5 Å². The Bertz CT molecular complexity index is 2270. The fourth-order valence-electron chi connectivity index (χ4n) is 13.0. The van der Waals surface area contributed by atoms with Gasteiger partial charge in [-0.1, -0.05) is 55.8 Å². The van der Waals surface area contributed by atoms with Crippen LogP contribution in [0.25, 0.3) is 10.9 Å². The van der Waals surface area contributed by atoms with Crippen LogP contribution in [0.5, 0.6) is 5.75 Å². The molecule has 58 heavy (non-hydrogen) atoms. The number of carbonyl (C=O) groups is 3. The highest BCUT2D eigenvalue weighted by atomic mass is 16.6. The summed E-state index contributed by atoms with van der Waals surface area (Å²) < 4.78 is 24.0. The number of H-pyrrole nitrogens is 1. The molecule has 1 aliphatic carbocycles. The Morgan fingerprint density at radius 3 is 2.48 bits per heavy atom. The van der Waals surface area contributed by atoms with E-state index in [9.17, 15) is 14.7 Å². The number of likely N-dealkylation sites (N-methyl/N-ethyl adjacent to an activating group) is 1. The van der Waals surface area contributed by atoms with Crippen molar-refractivity contribution in [3.05, 3.63) is 82.6 Å². The number of esters is 3. The van der Waals surface area contributed by atoms with Crippen LogP contribution in [0.2, 0.25) is 0 Å². The zero-order valence-electron chi connectivity index (χ0n) is 34.7. The van der Waals surface area contributed by atoms with Gasteiger partial charge in [0.2, 0.25) is 5.60 Å². The molecule has 5 aliphatic heterocycles. The molecule has 1 spiro atoms. The number of nitrogens with one attached hydrogen (secondary N) is 1. The Labute approximate surface area is 340 Å². The number of rotatable bonds is 7. The summed E-state index contributed by atoms with van der Waals surface area (Å²) in [6, 6.07) is 11.2. The minimum atomic E-state index is -2.28. The number of nitrogens with zero attached hydrogens (tertiary/aromatic N) is 3. The van der Waals surface area contributed by atoms with E-state index < -0.39 is 45.9 Å². The Morgan fingerprint density at radius 1 is 1.00 bits per heavy atom. The summed E-state index contributed by atoms with van der Waals surface area (Å²) in [5.74, 6) is -1.31. The quantitative estimate of drug-likeness (QED) is 0.194. The number of anilines is 1. The number of fused-ring (bicyclic) bond motifs is 6. The first-order valence-corrected chi connectivity index (χ1v) is 20.8. The second-order valence-corrected chi connectivity index (χ2v) is 17.5. The van der Waals surface area contributed by atoms with Gasteiger partial charge in [-0.3, -0.25) is 19.4 Å². The van der Waals surface area contributed by atoms with Crippen molar-refractivity contribution < 1.29 is 38.4 Å². The summed E-state index contributed by atoms with van der Waals surface area (Å²) in [6.45, 7) is 9.44. The number of hydrogen-bond acceptors (Lipinski definition) is 11. The van der Waals surface area contributed by atoms with Crippen LogP contribution in [-0.4, -0.2) is 123 Å². The Hall–Kier alpha value is -4.65.